The molecule has 4 N–H and O–H groups in total. The van der Waals surface area contributed by atoms with Crippen molar-refractivity contribution < 1.29 is 9.84 Å². The van der Waals surface area contributed by atoms with E-state index < -0.39 is 5.60 Å². The van der Waals surface area contributed by atoms with Crippen molar-refractivity contribution >= 4 is 11.5 Å². The third kappa shape index (κ3) is 4.13. The molecule has 5 nitrogen and oxygen atoms in total. The Morgan fingerprint density at radius 2 is 2.11 bits per heavy atom. The van der Waals surface area contributed by atoms with E-state index in [4.69, 9.17) is 15.9 Å². The Balaban J connectivity index is 3.23. The predicted octanol–water partition coefficient (Wildman–Crippen LogP) is 1.58. The summed E-state index contributed by atoms with van der Waals surface area (Å²) in [6.07, 6.45) is 0. The molecule has 0 saturated carbocycles. The molecule has 0 bridgehead atoms. The van der Waals surface area contributed by atoms with Crippen LogP contribution in [0.4, 0.5) is 5.69 Å². The van der Waals surface area contributed by atoms with Crippen molar-refractivity contribution in [1.82, 2.24) is 0 Å². The fraction of sp³-hybridized carbons (Fsp3) is 0.500. The number of methoxy groups -OCH3 is 1. The molecular formula is C14H23N3O2. The first-order valence-electron chi connectivity index (χ1n) is 6.28. The van der Waals surface area contributed by atoms with E-state index >= 15 is 0 Å². The molecule has 1 aromatic rings. The first-order chi connectivity index (χ1) is 8.78. The van der Waals surface area contributed by atoms with Gasteiger partial charge in [-0.15, -0.1) is 0 Å². The van der Waals surface area contributed by atoms with Gasteiger partial charge in [-0.2, -0.15) is 0 Å². The van der Waals surface area contributed by atoms with Gasteiger partial charge in [-0.1, -0.05) is 0 Å². The predicted molar refractivity (Wildman–Crippen MR) is 78.2 cm³/mol. The van der Waals surface area contributed by atoms with Crippen LogP contribution in [0.5, 0.6) is 5.75 Å². The monoisotopic (exact) mass is 265 g/mol. The minimum absolute atomic E-state index is 0.00634. The van der Waals surface area contributed by atoms with Crippen molar-refractivity contribution in [3.63, 3.8) is 0 Å². The Kier molecular flexibility index (Phi) is 4.78. The fourth-order valence-corrected chi connectivity index (χ4v) is 1.96. The van der Waals surface area contributed by atoms with Gasteiger partial charge in [0.25, 0.3) is 0 Å². The third-order valence-corrected chi connectivity index (χ3v) is 2.80. The smallest absolute Gasteiger partial charge is 0.124 e. The van der Waals surface area contributed by atoms with Gasteiger partial charge in [0.15, 0.2) is 0 Å². The molecule has 106 valence electrons. The summed E-state index contributed by atoms with van der Waals surface area (Å²) in [4.78, 5) is 1.99. The van der Waals surface area contributed by atoms with Gasteiger partial charge in [-0.25, -0.2) is 0 Å². The number of nitrogen functional groups attached to an aromatic ring is 1. The molecule has 0 aliphatic rings. The topological polar surface area (TPSA) is 82.6 Å². The zero-order valence-electron chi connectivity index (χ0n) is 12.0. The Morgan fingerprint density at radius 1 is 1.47 bits per heavy atom. The van der Waals surface area contributed by atoms with E-state index in [9.17, 15) is 5.11 Å². The fourth-order valence-electron chi connectivity index (χ4n) is 1.96. The molecule has 0 heterocycles. The molecule has 5 heteroatoms. The number of hydrogen-bond acceptors (Lipinski definition) is 4. The lowest BCUT2D eigenvalue weighted by Crippen LogP contribution is -2.39. The zero-order chi connectivity index (χ0) is 14.6. The number of likely N-dealkylation sites (N-methyl/N-ethyl adjacent to an activating group) is 1. The molecule has 0 aliphatic heterocycles. The van der Waals surface area contributed by atoms with Gasteiger partial charge in [0.1, 0.15) is 11.6 Å². The summed E-state index contributed by atoms with van der Waals surface area (Å²) in [6.45, 7) is 6.66. The second-order valence-electron chi connectivity index (χ2n) is 5.12. The number of nitrogens with two attached hydrogens (primary N) is 1. The largest absolute Gasteiger partial charge is 0.497 e. The van der Waals surface area contributed by atoms with E-state index in [0.717, 1.165) is 5.69 Å². The minimum Gasteiger partial charge on any atom is -0.497 e. The number of rotatable bonds is 6. The molecule has 0 spiro atoms. The Hall–Kier alpha value is -1.75. The van der Waals surface area contributed by atoms with Crippen molar-refractivity contribution in [2.75, 3.05) is 25.1 Å². The molecule has 0 aliphatic carbocycles. The maximum atomic E-state index is 9.98. The van der Waals surface area contributed by atoms with Crippen LogP contribution >= 0.6 is 0 Å². The van der Waals surface area contributed by atoms with Crippen LogP contribution in [0.1, 0.15) is 26.3 Å². The van der Waals surface area contributed by atoms with Crippen LogP contribution in [0.3, 0.4) is 0 Å². The van der Waals surface area contributed by atoms with Gasteiger partial charge >= 0.3 is 0 Å². The first kappa shape index (κ1) is 15.3. The van der Waals surface area contributed by atoms with Crippen molar-refractivity contribution in [3.8, 4) is 5.75 Å². The minimum atomic E-state index is -0.826. The summed E-state index contributed by atoms with van der Waals surface area (Å²) in [7, 11) is 1.60. The van der Waals surface area contributed by atoms with E-state index in [1.807, 2.05) is 17.9 Å². The normalized spacial score (nSPS) is 11.2. The lowest BCUT2D eigenvalue weighted by Gasteiger charge is -2.31. The first-order valence-corrected chi connectivity index (χ1v) is 6.28. The third-order valence-electron chi connectivity index (χ3n) is 2.80. The van der Waals surface area contributed by atoms with Crippen LogP contribution in [0.2, 0.25) is 0 Å². The number of amidine groups is 1. The van der Waals surface area contributed by atoms with E-state index in [1.54, 1.807) is 33.1 Å². The molecule has 0 radical (unpaired) electrons. The summed E-state index contributed by atoms with van der Waals surface area (Å²) >= 11 is 0. The number of nitrogens with zero attached hydrogens (tertiary/aromatic N) is 1. The van der Waals surface area contributed by atoms with Gasteiger partial charge in [-0.3, -0.25) is 5.41 Å². The van der Waals surface area contributed by atoms with Crippen molar-refractivity contribution in [2.24, 2.45) is 5.73 Å². The summed E-state index contributed by atoms with van der Waals surface area (Å²) in [5.74, 6) is 0.709. The van der Waals surface area contributed by atoms with Crippen LogP contribution < -0.4 is 15.4 Å². The van der Waals surface area contributed by atoms with Crippen molar-refractivity contribution in [1.29, 1.82) is 5.41 Å². The highest BCUT2D eigenvalue weighted by molar-refractivity contribution is 6.00. The molecule has 19 heavy (non-hydrogen) atoms. The molecule has 0 amide bonds. The maximum absolute atomic E-state index is 9.98. The number of hydrogen-bond donors (Lipinski definition) is 3. The molecule has 1 aromatic carbocycles. The van der Waals surface area contributed by atoms with Gasteiger partial charge in [0.2, 0.25) is 0 Å². The number of anilines is 1. The van der Waals surface area contributed by atoms with E-state index in [1.165, 1.54) is 0 Å². The summed E-state index contributed by atoms with van der Waals surface area (Å²) in [6, 6.07) is 5.38. The molecule has 0 saturated heterocycles. The van der Waals surface area contributed by atoms with Crippen LogP contribution in [-0.4, -0.2) is 36.7 Å². The molecule has 0 aromatic heterocycles. The quantitative estimate of drug-likeness (QED) is 0.538. The lowest BCUT2D eigenvalue weighted by atomic mass is 10.1. The number of nitrogens with one attached hydrogen (secondary N) is 1. The van der Waals surface area contributed by atoms with Crippen molar-refractivity contribution in [2.45, 2.75) is 26.4 Å². The Labute approximate surface area is 114 Å². The molecule has 0 atom stereocenters. The molecule has 0 unspecified atom stereocenters. The highest BCUT2D eigenvalue weighted by Crippen LogP contribution is 2.27. The Bertz CT molecular complexity index is 452. The van der Waals surface area contributed by atoms with Crippen LogP contribution in [0, 0.1) is 5.41 Å². The van der Waals surface area contributed by atoms with Crippen LogP contribution in [0.25, 0.3) is 0 Å². The van der Waals surface area contributed by atoms with Crippen molar-refractivity contribution in [3.05, 3.63) is 23.8 Å². The van der Waals surface area contributed by atoms with E-state index in [2.05, 4.69) is 0 Å². The summed E-state index contributed by atoms with van der Waals surface area (Å²) in [5.41, 5.74) is 6.24. The average molecular weight is 265 g/mol. The summed E-state index contributed by atoms with van der Waals surface area (Å²) in [5, 5.41) is 17.6. The molecule has 1 rings (SSSR count). The highest BCUT2D eigenvalue weighted by Gasteiger charge is 2.20. The number of benzene rings is 1. The standard InChI is InChI=1S/C14H23N3O2/c1-5-17(9-14(2,3)18)12-8-10(19-4)6-7-11(12)13(15)16/h6-8,18H,5,9H2,1-4H3,(H3,15,16). The van der Waals surface area contributed by atoms with E-state index in [-0.39, 0.29) is 5.84 Å². The number of aliphatic hydroxyl groups is 1. The SMILES string of the molecule is CCN(CC(C)(C)O)c1cc(OC)ccc1C(=N)N. The molecule has 0 fully saturated rings. The highest BCUT2D eigenvalue weighted by atomic mass is 16.5. The average Bonchev–Trinajstić information content (AvgIpc) is 2.33. The van der Waals surface area contributed by atoms with Gasteiger partial charge in [0.05, 0.1) is 18.4 Å². The van der Waals surface area contributed by atoms with Gasteiger partial charge in [-0.05, 0) is 32.9 Å². The Morgan fingerprint density at radius 3 is 2.53 bits per heavy atom. The number of ether oxygens (including phenoxy) is 1. The molecular weight excluding hydrogens is 242 g/mol. The van der Waals surface area contributed by atoms with E-state index in [0.29, 0.717) is 24.4 Å². The summed E-state index contributed by atoms with van der Waals surface area (Å²) < 4.78 is 5.21. The van der Waals surface area contributed by atoms with Crippen LogP contribution in [0.15, 0.2) is 18.2 Å². The second-order valence-corrected chi connectivity index (χ2v) is 5.12. The zero-order valence-corrected chi connectivity index (χ0v) is 12.0. The van der Waals surface area contributed by atoms with Crippen LogP contribution in [-0.2, 0) is 0 Å². The van der Waals surface area contributed by atoms with Gasteiger partial charge < -0.3 is 20.5 Å². The maximum Gasteiger partial charge on any atom is 0.124 e. The van der Waals surface area contributed by atoms with Gasteiger partial charge in [0, 0.05) is 24.7 Å². The lowest BCUT2D eigenvalue weighted by molar-refractivity contribution is 0.0876. The second kappa shape index (κ2) is 5.93.